The zero-order valence-electron chi connectivity index (χ0n) is 8.10. The van der Waals surface area contributed by atoms with Crippen LogP contribution in [0.15, 0.2) is 6.33 Å². The average molecular weight is 181 g/mol. The summed E-state index contributed by atoms with van der Waals surface area (Å²) in [4.78, 5) is 0. The van der Waals surface area contributed by atoms with Crippen molar-refractivity contribution in [1.29, 1.82) is 0 Å². The number of hydrogen-bond donors (Lipinski definition) is 0. The first-order valence-corrected chi connectivity index (χ1v) is 4.76. The first-order chi connectivity index (χ1) is 6.29. The van der Waals surface area contributed by atoms with Gasteiger partial charge >= 0.3 is 0 Å². The molecule has 0 radical (unpaired) electrons. The Kier molecular flexibility index (Phi) is 2.31. The highest BCUT2D eigenvalue weighted by Crippen LogP contribution is 2.24. The summed E-state index contributed by atoms with van der Waals surface area (Å²) >= 11 is 0. The SMILES string of the molecule is CC(C)n1cnnc1C1CCOC1. The Labute approximate surface area is 77.9 Å². The van der Waals surface area contributed by atoms with Gasteiger partial charge in [-0.05, 0) is 20.3 Å². The number of ether oxygens (including phenoxy) is 1. The van der Waals surface area contributed by atoms with Crippen LogP contribution >= 0.6 is 0 Å². The molecule has 1 unspecified atom stereocenters. The topological polar surface area (TPSA) is 39.9 Å². The van der Waals surface area contributed by atoms with E-state index in [2.05, 4.69) is 28.6 Å². The summed E-state index contributed by atoms with van der Waals surface area (Å²) in [7, 11) is 0. The average Bonchev–Trinajstić information content (AvgIpc) is 2.74. The van der Waals surface area contributed by atoms with E-state index in [-0.39, 0.29) is 0 Å². The van der Waals surface area contributed by atoms with Crippen molar-refractivity contribution in [3.05, 3.63) is 12.2 Å². The fourth-order valence-corrected chi connectivity index (χ4v) is 1.68. The fourth-order valence-electron chi connectivity index (χ4n) is 1.68. The molecule has 2 heterocycles. The van der Waals surface area contributed by atoms with Gasteiger partial charge in [0.2, 0.25) is 0 Å². The highest BCUT2D eigenvalue weighted by Gasteiger charge is 2.23. The van der Waals surface area contributed by atoms with Crippen LogP contribution in [0.4, 0.5) is 0 Å². The molecule has 0 spiro atoms. The predicted octanol–water partition coefficient (Wildman–Crippen LogP) is 1.36. The molecule has 1 atom stereocenters. The Hall–Kier alpha value is -0.900. The third-order valence-corrected chi connectivity index (χ3v) is 2.45. The quantitative estimate of drug-likeness (QED) is 0.691. The summed E-state index contributed by atoms with van der Waals surface area (Å²) in [5.41, 5.74) is 0. The molecule has 1 saturated heterocycles. The number of rotatable bonds is 2. The van der Waals surface area contributed by atoms with Crippen LogP contribution in [0.25, 0.3) is 0 Å². The van der Waals surface area contributed by atoms with E-state index in [1.54, 1.807) is 6.33 Å². The van der Waals surface area contributed by atoms with E-state index in [1.165, 1.54) is 0 Å². The maximum Gasteiger partial charge on any atom is 0.138 e. The van der Waals surface area contributed by atoms with Gasteiger partial charge in [-0.15, -0.1) is 10.2 Å². The van der Waals surface area contributed by atoms with Crippen LogP contribution in [-0.4, -0.2) is 28.0 Å². The summed E-state index contributed by atoms with van der Waals surface area (Å²) in [6.45, 7) is 5.94. The van der Waals surface area contributed by atoms with E-state index in [9.17, 15) is 0 Å². The summed E-state index contributed by atoms with van der Waals surface area (Å²) < 4.78 is 7.46. The van der Waals surface area contributed by atoms with E-state index in [0.717, 1.165) is 25.5 Å². The lowest BCUT2D eigenvalue weighted by Crippen LogP contribution is -2.10. The van der Waals surface area contributed by atoms with Crippen molar-refractivity contribution in [2.24, 2.45) is 0 Å². The normalized spacial score (nSPS) is 22.8. The standard InChI is InChI=1S/C9H15N3O/c1-7(2)12-6-10-11-9(12)8-3-4-13-5-8/h6-8H,3-5H2,1-2H3. The maximum atomic E-state index is 5.33. The Morgan fingerprint density at radius 1 is 1.62 bits per heavy atom. The second-order valence-corrected chi connectivity index (χ2v) is 3.75. The summed E-state index contributed by atoms with van der Waals surface area (Å²) in [6, 6.07) is 0.436. The smallest absolute Gasteiger partial charge is 0.138 e. The van der Waals surface area contributed by atoms with Gasteiger partial charge in [0.25, 0.3) is 0 Å². The van der Waals surface area contributed by atoms with Gasteiger partial charge in [-0.1, -0.05) is 0 Å². The summed E-state index contributed by atoms with van der Waals surface area (Å²) in [5.74, 6) is 1.53. The minimum atomic E-state index is 0.436. The third-order valence-electron chi connectivity index (χ3n) is 2.45. The van der Waals surface area contributed by atoms with Crippen LogP contribution in [-0.2, 0) is 4.74 Å². The molecule has 2 rings (SSSR count). The summed E-state index contributed by atoms with van der Waals surface area (Å²) in [6.07, 6.45) is 2.88. The molecule has 1 fully saturated rings. The van der Waals surface area contributed by atoms with Crippen molar-refractivity contribution in [1.82, 2.24) is 14.8 Å². The lowest BCUT2D eigenvalue weighted by Gasteiger charge is -2.12. The van der Waals surface area contributed by atoms with Gasteiger partial charge in [0.1, 0.15) is 12.2 Å². The molecule has 0 bridgehead atoms. The van der Waals surface area contributed by atoms with Gasteiger partial charge in [0.05, 0.1) is 6.61 Å². The molecule has 1 aromatic rings. The molecule has 0 amide bonds. The Morgan fingerprint density at radius 3 is 3.08 bits per heavy atom. The highest BCUT2D eigenvalue weighted by molar-refractivity contribution is 4.99. The van der Waals surface area contributed by atoms with Crippen LogP contribution in [0, 0.1) is 0 Å². The van der Waals surface area contributed by atoms with Gasteiger partial charge in [0, 0.05) is 18.6 Å². The van der Waals surface area contributed by atoms with Crippen LogP contribution in [0.1, 0.15) is 38.1 Å². The van der Waals surface area contributed by atoms with E-state index >= 15 is 0 Å². The van der Waals surface area contributed by atoms with Crippen molar-refractivity contribution in [2.75, 3.05) is 13.2 Å². The maximum absolute atomic E-state index is 5.33. The first-order valence-electron chi connectivity index (χ1n) is 4.76. The molecule has 4 nitrogen and oxygen atoms in total. The molecule has 0 aliphatic carbocycles. The Balaban J connectivity index is 2.23. The van der Waals surface area contributed by atoms with Crippen molar-refractivity contribution in [3.63, 3.8) is 0 Å². The minimum absolute atomic E-state index is 0.436. The largest absolute Gasteiger partial charge is 0.381 e. The van der Waals surface area contributed by atoms with Crippen molar-refractivity contribution in [3.8, 4) is 0 Å². The van der Waals surface area contributed by atoms with Gasteiger partial charge < -0.3 is 9.30 Å². The lowest BCUT2D eigenvalue weighted by atomic mass is 10.1. The van der Waals surface area contributed by atoms with Crippen LogP contribution in [0.2, 0.25) is 0 Å². The molecular formula is C9H15N3O. The number of hydrogen-bond acceptors (Lipinski definition) is 3. The van der Waals surface area contributed by atoms with E-state index in [1.807, 2.05) is 0 Å². The van der Waals surface area contributed by atoms with E-state index < -0.39 is 0 Å². The fraction of sp³-hybridized carbons (Fsp3) is 0.778. The molecule has 1 aliphatic heterocycles. The van der Waals surface area contributed by atoms with Gasteiger partial charge in [-0.25, -0.2) is 0 Å². The Bertz CT molecular complexity index is 276. The Morgan fingerprint density at radius 2 is 2.46 bits per heavy atom. The third kappa shape index (κ3) is 1.58. The molecule has 72 valence electrons. The number of nitrogens with zero attached hydrogens (tertiary/aromatic N) is 3. The molecule has 0 saturated carbocycles. The van der Waals surface area contributed by atoms with Gasteiger partial charge in [-0.3, -0.25) is 0 Å². The number of aromatic nitrogens is 3. The molecular weight excluding hydrogens is 166 g/mol. The van der Waals surface area contributed by atoms with Crippen LogP contribution < -0.4 is 0 Å². The van der Waals surface area contributed by atoms with Gasteiger partial charge in [0.15, 0.2) is 0 Å². The monoisotopic (exact) mass is 181 g/mol. The molecule has 0 aromatic carbocycles. The summed E-state index contributed by atoms with van der Waals surface area (Å²) in [5, 5.41) is 8.10. The van der Waals surface area contributed by atoms with Crippen molar-refractivity contribution >= 4 is 0 Å². The molecule has 0 N–H and O–H groups in total. The highest BCUT2D eigenvalue weighted by atomic mass is 16.5. The molecule has 4 heteroatoms. The molecule has 1 aliphatic rings. The van der Waals surface area contributed by atoms with E-state index in [4.69, 9.17) is 4.74 Å². The lowest BCUT2D eigenvalue weighted by molar-refractivity contribution is 0.192. The van der Waals surface area contributed by atoms with E-state index in [0.29, 0.717) is 12.0 Å². The van der Waals surface area contributed by atoms with Crippen molar-refractivity contribution < 1.29 is 4.74 Å². The second-order valence-electron chi connectivity index (χ2n) is 3.75. The molecule has 13 heavy (non-hydrogen) atoms. The zero-order chi connectivity index (χ0) is 9.26. The minimum Gasteiger partial charge on any atom is -0.381 e. The second kappa shape index (κ2) is 3.46. The first kappa shape index (κ1) is 8.69. The van der Waals surface area contributed by atoms with Crippen LogP contribution in [0.3, 0.4) is 0 Å². The van der Waals surface area contributed by atoms with Gasteiger partial charge in [-0.2, -0.15) is 0 Å². The van der Waals surface area contributed by atoms with Crippen molar-refractivity contribution in [2.45, 2.75) is 32.2 Å². The van der Waals surface area contributed by atoms with Crippen LogP contribution in [0.5, 0.6) is 0 Å². The molecule has 1 aromatic heterocycles. The predicted molar refractivity (Wildman–Crippen MR) is 48.6 cm³/mol. The zero-order valence-corrected chi connectivity index (χ0v) is 8.10.